The lowest BCUT2D eigenvalue weighted by Gasteiger charge is -2.32. The number of piperidine rings is 1. The van der Waals surface area contributed by atoms with Crippen molar-refractivity contribution in [2.75, 3.05) is 26.2 Å². The summed E-state index contributed by atoms with van der Waals surface area (Å²) in [6, 6.07) is 15.4. The van der Waals surface area contributed by atoms with E-state index in [1.165, 1.54) is 10.5 Å². The van der Waals surface area contributed by atoms with Gasteiger partial charge in [-0.3, -0.25) is 19.3 Å². The Hall–Kier alpha value is -2.99. The molecule has 2 aromatic carbocycles. The van der Waals surface area contributed by atoms with Crippen molar-refractivity contribution in [2.24, 2.45) is 5.92 Å². The molecule has 32 heavy (non-hydrogen) atoms. The van der Waals surface area contributed by atoms with E-state index in [0.717, 1.165) is 32.1 Å². The zero-order chi connectivity index (χ0) is 22.1. The van der Waals surface area contributed by atoms with Crippen LogP contribution >= 0.6 is 0 Å². The normalized spacial score (nSPS) is 21.3. The minimum absolute atomic E-state index is 0.0659. The van der Waals surface area contributed by atoms with E-state index in [1.54, 1.807) is 18.2 Å². The van der Waals surface area contributed by atoms with Gasteiger partial charge in [-0.1, -0.05) is 30.3 Å². The number of carbonyl (C=O) groups excluding carboxylic acids is 3. The van der Waals surface area contributed by atoms with Crippen molar-refractivity contribution >= 4 is 17.7 Å². The molecule has 6 heteroatoms. The lowest BCUT2D eigenvalue weighted by Crippen LogP contribution is -2.39. The molecule has 3 amide bonds. The summed E-state index contributed by atoms with van der Waals surface area (Å²) in [7, 11) is 0. The molecule has 0 N–H and O–H groups in total. The predicted octanol–water partition coefficient (Wildman–Crippen LogP) is 3.56. The Bertz CT molecular complexity index is 1020. The summed E-state index contributed by atoms with van der Waals surface area (Å²) >= 11 is 0. The van der Waals surface area contributed by atoms with Crippen LogP contribution in [0.2, 0.25) is 0 Å². The Morgan fingerprint density at radius 1 is 0.938 bits per heavy atom. The van der Waals surface area contributed by atoms with Crippen LogP contribution in [-0.2, 0) is 11.2 Å². The van der Waals surface area contributed by atoms with Gasteiger partial charge < -0.3 is 9.64 Å². The quantitative estimate of drug-likeness (QED) is 0.678. The second kappa shape index (κ2) is 8.87. The zero-order valence-corrected chi connectivity index (χ0v) is 18.2. The standard InChI is InChI=1S/C26H28N2O4/c29-24(27-12-10-19(11-13-27)15-18-5-2-1-3-6-18)20-8-9-22-23(16-20)26(31)28(25(22)30)17-21-7-4-14-32-21/h1-3,5-6,8-9,16,19,21H,4,7,10-15,17H2. The van der Waals surface area contributed by atoms with Crippen LogP contribution in [0.5, 0.6) is 0 Å². The van der Waals surface area contributed by atoms with E-state index in [-0.39, 0.29) is 30.4 Å². The number of fused-ring (bicyclic) bond motifs is 1. The van der Waals surface area contributed by atoms with Gasteiger partial charge in [0.1, 0.15) is 0 Å². The van der Waals surface area contributed by atoms with E-state index < -0.39 is 0 Å². The fraction of sp³-hybridized carbons (Fsp3) is 0.423. The topological polar surface area (TPSA) is 66.9 Å². The summed E-state index contributed by atoms with van der Waals surface area (Å²) in [6.45, 7) is 2.38. The number of nitrogens with zero attached hydrogens (tertiary/aromatic N) is 2. The average Bonchev–Trinajstić information content (AvgIpc) is 3.43. The van der Waals surface area contributed by atoms with Crippen LogP contribution in [0.25, 0.3) is 0 Å². The minimum atomic E-state index is -0.322. The van der Waals surface area contributed by atoms with Crippen molar-refractivity contribution in [3.8, 4) is 0 Å². The SMILES string of the molecule is O=C(c1ccc2c(c1)C(=O)N(CC1CCCO1)C2=O)N1CCC(Cc2ccccc2)CC1. The first-order valence-electron chi connectivity index (χ1n) is 11.5. The van der Waals surface area contributed by atoms with Crippen LogP contribution in [0.3, 0.4) is 0 Å². The summed E-state index contributed by atoms with van der Waals surface area (Å²) in [4.78, 5) is 41.9. The summed E-state index contributed by atoms with van der Waals surface area (Å²) < 4.78 is 5.59. The number of benzene rings is 2. The number of rotatable bonds is 5. The lowest BCUT2D eigenvalue weighted by molar-refractivity contribution is 0.0475. The highest BCUT2D eigenvalue weighted by molar-refractivity contribution is 6.22. The van der Waals surface area contributed by atoms with Crippen LogP contribution in [-0.4, -0.2) is 59.9 Å². The monoisotopic (exact) mass is 432 g/mol. The fourth-order valence-electron chi connectivity index (χ4n) is 5.05. The molecule has 0 saturated carbocycles. The maximum Gasteiger partial charge on any atom is 0.261 e. The lowest BCUT2D eigenvalue weighted by atomic mass is 9.90. The maximum atomic E-state index is 13.1. The molecule has 0 aromatic heterocycles. The number of likely N-dealkylation sites (tertiary alicyclic amines) is 1. The number of carbonyl (C=O) groups is 3. The van der Waals surface area contributed by atoms with Crippen molar-refractivity contribution in [3.63, 3.8) is 0 Å². The number of hydrogen-bond acceptors (Lipinski definition) is 4. The highest BCUT2D eigenvalue weighted by atomic mass is 16.5. The largest absolute Gasteiger partial charge is 0.376 e. The van der Waals surface area contributed by atoms with E-state index in [0.29, 0.717) is 42.3 Å². The van der Waals surface area contributed by atoms with Gasteiger partial charge in [0.2, 0.25) is 0 Å². The first-order valence-corrected chi connectivity index (χ1v) is 11.5. The van der Waals surface area contributed by atoms with Gasteiger partial charge >= 0.3 is 0 Å². The second-order valence-corrected chi connectivity index (χ2v) is 9.04. The molecule has 2 aromatic rings. The Balaban J connectivity index is 1.23. The number of imide groups is 1. The molecule has 1 unspecified atom stereocenters. The molecule has 6 nitrogen and oxygen atoms in total. The van der Waals surface area contributed by atoms with Gasteiger partial charge in [0.15, 0.2) is 0 Å². The van der Waals surface area contributed by atoms with E-state index in [4.69, 9.17) is 4.74 Å². The molecule has 5 rings (SSSR count). The zero-order valence-electron chi connectivity index (χ0n) is 18.2. The van der Waals surface area contributed by atoms with Crippen molar-refractivity contribution in [1.82, 2.24) is 9.80 Å². The summed E-state index contributed by atoms with van der Waals surface area (Å²) in [6.07, 6.45) is 4.71. The van der Waals surface area contributed by atoms with Crippen LogP contribution in [0.15, 0.2) is 48.5 Å². The van der Waals surface area contributed by atoms with Gasteiger partial charge in [-0.15, -0.1) is 0 Å². The minimum Gasteiger partial charge on any atom is -0.376 e. The molecular weight excluding hydrogens is 404 g/mol. The Morgan fingerprint density at radius 3 is 2.41 bits per heavy atom. The number of amides is 3. The van der Waals surface area contributed by atoms with Crippen LogP contribution in [0.4, 0.5) is 0 Å². The van der Waals surface area contributed by atoms with Crippen LogP contribution in [0, 0.1) is 5.92 Å². The third-order valence-electron chi connectivity index (χ3n) is 6.90. The molecule has 0 spiro atoms. The fourth-order valence-corrected chi connectivity index (χ4v) is 5.05. The molecule has 1 atom stereocenters. The molecule has 3 aliphatic heterocycles. The van der Waals surface area contributed by atoms with E-state index in [1.807, 2.05) is 11.0 Å². The highest BCUT2D eigenvalue weighted by Gasteiger charge is 2.38. The molecule has 0 radical (unpaired) electrons. The Labute approximate surface area is 188 Å². The first-order chi connectivity index (χ1) is 15.6. The van der Waals surface area contributed by atoms with Crippen molar-refractivity contribution in [2.45, 2.75) is 38.2 Å². The van der Waals surface area contributed by atoms with Gasteiger partial charge in [0, 0.05) is 25.3 Å². The Morgan fingerprint density at radius 2 is 1.69 bits per heavy atom. The maximum absolute atomic E-state index is 13.1. The average molecular weight is 433 g/mol. The van der Waals surface area contributed by atoms with Gasteiger partial charge in [0.25, 0.3) is 17.7 Å². The Kier molecular flexibility index (Phi) is 5.79. The summed E-state index contributed by atoms with van der Waals surface area (Å²) in [5.41, 5.74) is 2.53. The molecular formula is C26H28N2O4. The molecule has 2 saturated heterocycles. The van der Waals surface area contributed by atoms with Gasteiger partial charge in [-0.05, 0) is 61.8 Å². The van der Waals surface area contributed by atoms with Gasteiger partial charge in [0.05, 0.1) is 23.8 Å². The predicted molar refractivity (Wildman–Crippen MR) is 120 cm³/mol. The van der Waals surface area contributed by atoms with Crippen molar-refractivity contribution in [1.29, 1.82) is 0 Å². The molecule has 0 bridgehead atoms. The molecule has 2 fully saturated rings. The first kappa shape index (κ1) is 20.9. The summed E-state index contributed by atoms with van der Waals surface area (Å²) in [5.74, 6) is -0.103. The highest BCUT2D eigenvalue weighted by Crippen LogP contribution is 2.28. The molecule has 0 aliphatic carbocycles. The number of ether oxygens (including phenoxy) is 1. The second-order valence-electron chi connectivity index (χ2n) is 9.04. The van der Waals surface area contributed by atoms with Crippen molar-refractivity contribution < 1.29 is 19.1 Å². The van der Waals surface area contributed by atoms with Crippen molar-refractivity contribution in [3.05, 3.63) is 70.8 Å². The number of hydrogen-bond donors (Lipinski definition) is 0. The van der Waals surface area contributed by atoms with E-state index in [2.05, 4.69) is 24.3 Å². The van der Waals surface area contributed by atoms with E-state index in [9.17, 15) is 14.4 Å². The van der Waals surface area contributed by atoms with Crippen LogP contribution < -0.4 is 0 Å². The molecule has 3 aliphatic rings. The smallest absolute Gasteiger partial charge is 0.261 e. The van der Waals surface area contributed by atoms with Crippen LogP contribution in [0.1, 0.15) is 62.3 Å². The summed E-state index contributed by atoms with van der Waals surface area (Å²) in [5, 5.41) is 0. The molecule has 166 valence electrons. The van der Waals surface area contributed by atoms with E-state index >= 15 is 0 Å². The third kappa shape index (κ3) is 4.07. The van der Waals surface area contributed by atoms with Gasteiger partial charge in [-0.2, -0.15) is 0 Å². The van der Waals surface area contributed by atoms with Gasteiger partial charge in [-0.25, -0.2) is 0 Å². The molecule has 3 heterocycles. The third-order valence-corrected chi connectivity index (χ3v) is 6.90.